The smallest absolute Gasteiger partial charge is 0.272 e. The Morgan fingerprint density at radius 2 is 1.68 bits per heavy atom. The van der Waals surface area contributed by atoms with Crippen molar-refractivity contribution in [1.29, 1.82) is 0 Å². The van der Waals surface area contributed by atoms with Gasteiger partial charge in [-0.1, -0.05) is 12.1 Å². The van der Waals surface area contributed by atoms with Gasteiger partial charge in [-0.15, -0.1) is 0 Å². The number of hydrogen-bond acceptors (Lipinski definition) is 4. The predicted molar refractivity (Wildman–Crippen MR) is 96.0 cm³/mol. The molecule has 3 N–H and O–H groups in total. The van der Waals surface area contributed by atoms with E-state index in [0.29, 0.717) is 12.3 Å². The molecule has 25 heavy (non-hydrogen) atoms. The Kier molecular flexibility index (Phi) is 6.53. The summed E-state index contributed by atoms with van der Waals surface area (Å²) in [5, 5.41) is 3.13. The molecule has 2 aromatic carbocycles. The van der Waals surface area contributed by atoms with Gasteiger partial charge in [0.25, 0.3) is 5.91 Å². The Morgan fingerprint density at radius 1 is 1.04 bits per heavy atom. The van der Waals surface area contributed by atoms with E-state index in [4.69, 9.17) is 21.7 Å². The molecule has 0 saturated heterocycles. The largest absolute Gasteiger partial charge is 0.497 e. The number of hydrogen-bond donors (Lipinski definition) is 3. The normalized spacial score (nSPS) is 9.88. The van der Waals surface area contributed by atoms with Crippen LogP contribution in [-0.4, -0.2) is 25.2 Å². The molecule has 0 aromatic heterocycles. The number of carbonyl (C=O) groups is 1. The third-order valence-electron chi connectivity index (χ3n) is 3.32. The fourth-order valence-corrected chi connectivity index (χ4v) is 2.08. The Labute approximate surface area is 150 Å². The van der Waals surface area contributed by atoms with E-state index >= 15 is 0 Å². The maximum atomic E-state index is 13.8. The van der Waals surface area contributed by atoms with Gasteiger partial charge < -0.3 is 14.8 Å². The maximum Gasteiger partial charge on any atom is 0.272 e. The quantitative estimate of drug-likeness (QED) is 0.559. The molecule has 8 heteroatoms. The third kappa shape index (κ3) is 5.32. The minimum atomic E-state index is -0.684. The fraction of sp³-hybridized carbons (Fsp3) is 0.176. The molecule has 0 heterocycles. The molecule has 0 radical (unpaired) electrons. The highest BCUT2D eigenvalue weighted by Crippen LogP contribution is 2.15. The molecular formula is C17H18FN3O3S. The van der Waals surface area contributed by atoms with E-state index in [1.165, 1.54) is 19.2 Å². The average molecular weight is 363 g/mol. The highest BCUT2D eigenvalue weighted by atomic mass is 32.1. The molecule has 0 aliphatic heterocycles. The zero-order chi connectivity index (χ0) is 18.2. The first kappa shape index (κ1) is 18.5. The number of carbonyl (C=O) groups excluding carboxylic acids is 1. The number of amides is 1. The lowest BCUT2D eigenvalue weighted by Gasteiger charge is -2.12. The lowest BCUT2D eigenvalue weighted by molar-refractivity contribution is 0.0939. The Morgan fingerprint density at radius 3 is 2.28 bits per heavy atom. The van der Waals surface area contributed by atoms with Crippen molar-refractivity contribution in [1.82, 2.24) is 16.2 Å². The molecular weight excluding hydrogens is 345 g/mol. The van der Waals surface area contributed by atoms with Gasteiger partial charge in [-0.3, -0.25) is 15.6 Å². The van der Waals surface area contributed by atoms with Crippen LogP contribution in [0, 0.1) is 5.82 Å². The number of benzene rings is 2. The van der Waals surface area contributed by atoms with Crippen LogP contribution in [0.3, 0.4) is 0 Å². The van der Waals surface area contributed by atoms with Crippen LogP contribution in [-0.2, 0) is 6.54 Å². The zero-order valence-corrected chi connectivity index (χ0v) is 14.6. The van der Waals surface area contributed by atoms with E-state index in [1.807, 2.05) is 24.3 Å². The molecule has 0 fully saturated rings. The molecule has 2 aromatic rings. The zero-order valence-electron chi connectivity index (χ0n) is 13.8. The summed E-state index contributed by atoms with van der Waals surface area (Å²) in [4.78, 5) is 12.0. The summed E-state index contributed by atoms with van der Waals surface area (Å²) in [5.74, 6) is -0.235. The Bertz CT molecular complexity index is 753. The minimum Gasteiger partial charge on any atom is -0.497 e. The first-order valence-electron chi connectivity index (χ1n) is 7.34. The van der Waals surface area contributed by atoms with Crippen LogP contribution in [0.4, 0.5) is 4.39 Å². The van der Waals surface area contributed by atoms with Gasteiger partial charge in [0.05, 0.1) is 19.8 Å². The molecule has 0 bridgehead atoms. The van der Waals surface area contributed by atoms with Crippen LogP contribution >= 0.6 is 12.2 Å². The van der Waals surface area contributed by atoms with Crippen molar-refractivity contribution in [3.63, 3.8) is 0 Å². The van der Waals surface area contributed by atoms with Crippen molar-refractivity contribution in [3.8, 4) is 11.5 Å². The highest BCUT2D eigenvalue weighted by Gasteiger charge is 2.12. The van der Waals surface area contributed by atoms with E-state index in [9.17, 15) is 9.18 Å². The monoisotopic (exact) mass is 363 g/mol. The second-order valence-corrected chi connectivity index (χ2v) is 5.36. The number of methoxy groups -OCH3 is 2. The fourth-order valence-electron chi connectivity index (χ4n) is 1.96. The summed E-state index contributed by atoms with van der Waals surface area (Å²) in [6, 6.07) is 11.4. The van der Waals surface area contributed by atoms with Crippen molar-refractivity contribution in [2.75, 3.05) is 14.2 Å². The van der Waals surface area contributed by atoms with Crippen molar-refractivity contribution in [3.05, 3.63) is 59.4 Å². The lowest BCUT2D eigenvalue weighted by Crippen LogP contribution is -2.46. The summed E-state index contributed by atoms with van der Waals surface area (Å²) in [6.45, 7) is 0.461. The molecule has 2 rings (SSSR count). The van der Waals surface area contributed by atoms with Crippen LogP contribution in [0.25, 0.3) is 0 Å². The predicted octanol–water partition coefficient (Wildman–Crippen LogP) is 2.15. The van der Waals surface area contributed by atoms with Gasteiger partial charge in [0.1, 0.15) is 17.3 Å². The van der Waals surface area contributed by atoms with Gasteiger partial charge in [0.2, 0.25) is 0 Å². The van der Waals surface area contributed by atoms with E-state index in [0.717, 1.165) is 17.4 Å². The number of nitrogens with one attached hydrogen (secondary N) is 3. The maximum absolute atomic E-state index is 13.8. The van der Waals surface area contributed by atoms with Crippen molar-refractivity contribution < 1.29 is 18.7 Å². The second kappa shape index (κ2) is 8.84. The van der Waals surface area contributed by atoms with Crippen molar-refractivity contribution in [2.24, 2.45) is 0 Å². The van der Waals surface area contributed by atoms with Gasteiger partial charge >= 0.3 is 0 Å². The summed E-state index contributed by atoms with van der Waals surface area (Å²) >= 11 is 5.07. The lowest BCUT2D eigenvalue weighted by atomic mass is 10.2. The van der Waals surface area contributed by atoms with Crippen LogP contribution in [0.1, 0.15) is 15.9 Å². The number of hydrazine groups is 1. The minimum absolute atomic E-state index is 0.119. The summed E-state index contributed by atoms with van der Waals surface area (Å²) in [5.41, 5.74) is 5.73. The number of thiocarbonyl (C=S) groups is 1. The van der Waals surface area contributed by atoms with Crippen molar-refractivity contribution in [2.45, 2.75) is 6.54 Å². The average Bonchev–Trinajstić information content (AvgIpc) is 2.64. The number of rotatable bonds is 5. The SMILES string of the molecule is COc1ccc(CNC(=S)NNC(=O)c2ccc(OC)cc2F)cc1. The molecule has 0 aliphatic carbocycles. The molecule has 132 valence electrons. The van der Waals surface area contributed by atoms with E-state index < -0.39 is 11.7 Å². The Hall–Kier alpha value is -2.87. The van der Waals surface area contributed by atoms with Crippen LogP contribution < -0.4 is 25.6 Å². The van der Waals surface area contributed by atoms with Gasteiger partial charge in [-0.05, 0) is 42.0 Å². The van der Waals surface area contributed by atoms with E-state index in [-0.39, 0.29) is 10.7 Å². The van der Waals surface area contributed by atoms with Gasteiger partial charge in [-0.2, -0.15) is 0 Å². The van der Waals surface area contributed by atoms with E-state index in [1.54, 1.807) is 7.11 Å². The van der Waals surface area contributed by atoms with Crippen LogP contribution in [0.15, 0.2) is 42.5 Å². The Balaban J connectivity index is 1.81. The summed E-state index contributed by atoms with van der Waals surface area (Å²) < 4.78 is 23.8. The van der Waals surface area contributed by atoms with Crippen molar-refractivity contribution >= 4 is 23.2 Å². The van der Waals surface area contributed by atoms with Gasteiger partial charge in [0.15, 0.2) is 5.11 Å². The van der Waals surface area contributed by atoms with Gasteiger partial charge in [0, 0.05) is 12.6 Å². The molecule has 0 spiro atoms. The first-order chi connectivity index (χ1) is 12.0. The molecule has 6 nitrogen and oxygen atoms in total. The standard InChI is InChI=1S/C17H18FN3O3S/c1-23-12-5-3-11(4-6-12)10-19-17(25)21-20-16(22)14-8-7-13(24-2)9-15(14)18/h3-9H,10H2,1-2H3,(H,20,22)(H2,19,21,25). The molecule has 1 amide bonds. The topological polar surface area (TPSA) is 71.6 Å². The summed E-state index contributed by atoms with van der Waals surface area (Å²) in [7, 11) is 3.02. The van der Waals surface area contributed by atoms with E-state index in [2.05, 4.69) is 16.2 Å². The molecule has 0 saturated carbocycles. The highest BCUT2D eigenvalue weighted by molar-refractivity contribution is 7.80. The number of ether oxygens (including phenoxy) is 2. The first-order valence-corrected chi connectivity index (χ1v) is 7.75. The third-order valence-corrected chi connectivity index (χ3v) is 3.57. The summed E-state index contributed by atoms with van der Waals surface area (Å²) in [6.07, 6.45) is 0. The molecule has 0 atom stereocenters. The number of halogens is 1. The molecule has 0 aliphatic rings. The second-order valence-electron chi connectivity index (χ2n) is 4.96. The van der Waals surface area contributed by atoms with Crippen LogP contribution in [0.5, 0.6) is 11.5 Å². The molecule has 0 unspecified atom stereocenters. The van der Waals surface area contributed by atoms with Gasteiger partial charge in [-0.25, -0.2) is 4.39 Å². The van der Waals surface area contributed by atoms with Crippen LogP contribution in [0.2, 0.25) is 0 Å².